The van der Waals surface area contributed by atoms with E-state index in [0.717, 1.165) is 0 Å². The topological polar surface area (TPSA) is 0 Å². The SMILES string of the molecule is [Cl-].[Cl-].[Cl-].[Cl-].[Cl-].[Pt]. The van der Waals surface area contributed by atoms with Gasteiger partial charge in [0.25, 0.3) is 0 Å². The Morgan fingerprint density at radius 1 is 0.333 bits per heavy atom. The minimum atomic E-state index is 0. The van der Waals surface area contributed by atoms with E-state index in [1.165, 1.54) is 0 Å². The summed E-state index contributed by atoms with van der Waals surface area (Å²) in [6.45, 7) is 0. The van der Waals surface area contributed by atoms with Gasteiger partial charge < -0.3 is 62.0 Å². The first-order valence-corrected chi connectivity index (χ1v) is 0. The molecule has 0 aliphatic heterocycles. The second kappa shape index (κ2) is 58.8. The summed E-state index contributed by atoms with van der Waals surface area (Å²) >= 11 is 0. The summed E-state index contributed by atoms with van der Waals surface area (Å²) in [5, 5.41) is 0. The van der Waals surface area contributed by atoms with Crippen LogP contribution in [0.3, 0.4) is 0 Å². The van der Waals surface area contributed by atoms with Gasteiger partial charge in [-0.2, -0.15) is 0 Å². The van der Waals surface area contributed by atoms with Crippen LogP contribution in [0.1, 0.15) is 0 Å². The monoisotopic (exact) mass is 370 g/mol. The molecule has 6 heavy (non-hydrogen) atoms. The predicted octanol–water partition coefficient (Wildman–Crippen LogP) is -15.0. The molecule has 0 aromatic carbocycles. The zero-order chi connectivity index (χ0) is 0. The Morgan fingerprint density at radius 3 is 0.333 bits per heavy atom. The molecule has 0 saturated carbocycles. The number of rotatable bonds is 0. The van der Waals surface area contributed by atoms with Crippen molar-refractivity contribution in [1.29, 1.82) is 0 Å². The molecule has 0 heterocycles. The predicted molar refractivity (Wildman–Crippen MR) is 0 cm³/mol. The van der Waals surface area contributed by atoms with Crippen LogP contribution in [0.25, 0.3) is 0 Å². The van der Waals surface area contributed by atoms with Crippen molar-refractivity contribution >= 4 is 0 Å². The van der Waals surface area contributed by atoms with E-state index >= 15 is 0 Å². The van der Waals surface area contributed by atoms with Crippen LogP contribution in [0.5, 0.6) is 0 Å². The Labute approximate surface area is 82.5 Å². The molecule has 6 heteroatoms. The van der Waals surface area contributed by atoms with Gasteiger partial charge in [0, 0.05) is 21.1 Å². The molecular formula is Cl5Pt-5. The summed E-state index contributed by atoms with van der Waals surface area (Å²) in [7, 11) is 0. The molecule has 0 radical (unpaired) electrons. The summed E-state index contributed by atoms with van der Waals surface area (Å²) in [6.07, 6.45) is 0. The molecule has 0 unspecified atom stereocenters. The van der Waals surface area contributed by atoms with E-state index < -0.39 is 0 Å². The van der Waals surface area contributed by atoms with Crippen LogP contribution in [0.2, 0.25) is 0 Å². The van der Waals surface area contributed by atoms with Gasteiger partial charge in [-0.1, -0.05) is 0 Å². The summed E-state index contributed by atoms with van der Waals surface area (Å²) in [5.41, 5.74) is 0. The summed E-state index contributed by atoms with van der Waals surface area (Å²) < 4.78 is 0. The Hall–Kier alpha value is 2.14. The molecule has 50 valence electrons. The number of halogens is 5. The van der Waals surface area contributed by atoms with Gasteiger partial charge in [0.1, 0.15) is 0 Å². The molecule has 0 aromatic heterocycles. The van der Waals surface area contributed by atoms with E-state index in [-0.39, 0.29) is 83.1 Å². The van der Waals surface area contributed by atoms with Gasteiger partial charge in [0.15, 0.2) is 0 Å². The third-order valence-corrected chi connectivity index (χ3v) is 0. The third kappa shape index (κ3) is 35.4. The van der Waals surface area contributed by atoms with Gasteiger partial charge in [-0.25, -0.2) is 0 Å². The number of hydrogen-bond donors (Lipinski definition) is 0. The first kappa shape index (κ1) is 90.7. The van der Waals surface area contributed by atoms with Gasteiger partial charge in [0.2, 0.25) is 0 Å². The largest absolute Gasteiger partial charge is 1.00 e. The van der Waals surface area contributed by atoms with E-state index in [1.807, 2.05) is 0 Å². The first-order chi connectivity index (χ1) is 0. The molecule has 0 aliphatic rings. The Balaban J connectivity index is 0. The fourth-order valence-electron chi connectivity index (χ4n) is 0. The molecule has 0 amide bonds. The molecule has 0 bridgehead atoms. The first-order valence-electron chi connectivity index (χ1n) is 0. The summed E-state index contributed by atoms with van der Waals surface area (Å²) in [5.74, 6) is 0. The van der Waals surface area contributed by atoms with Gasteiger partial charge in [-0.15, -0.1) is 0 Å². The van der Waals surface area contributed by atoms with E-state index in [1.54, 1.807) is 0 Å². The fourth-order valence-corrected chi connectivity index (χ4v) is 0. The van der Waals surface area contributed by atoms with Crippen molar-refractivity contribution in [2.45, 2.75) is 0 Å². The molecule has 0 fully saturated rings. The normalized spacial score (nSPS) is 0. The van der Waals surface area contributed by atoms with E-state index in [0.29, 0.717) is 0 Å². The van der Waals surface area contributed by atoms with Crippen molar-refractivity contribution in [3.05, 3.63) is 0 Å². The maximum atomic E-state index is 0. The van der Waals surface area contributed by atoms with Gasteiger partial charge in [0.05, 0.1) is 0 Å². The van der Waals surface area contributed by atoms with Crippen LogP contribution in [0.4, 0.5) is 0 Å². The Bertz CT molecular complexity index is 3.90. The van der Waals surface area contributed by atoms with Crippen molar-refractivity contribution in [3.8, 4) is 0 Å². The van der Waals surface area contributed by atoms with Crippen LogP contribution in [-0.2, 0) is 21.1 Å². The zero-order valence-corrected chi connectivity index (χ0v) is 8.26. The second-order valence-electron chi connectivity index (χ2n) is 0. The zero-order valence-electron chi connectivity index (χ0n) is 2.21. The molecule has 0 saturated heterocycles. The molecule has 0 aliphatic carbocycles. The number of hydrogen-bond acceptors (Lipinski definition) is 0. The molecule has 0 rings (SSSR count). The maximum Gasteiger partial charge on any atom is 0 e. The second-order valence-corrected chi connectivity index (χ2v) is 0. The minimum absolute atomic E-state index is 0. The maximum absolute atomic E-state index is 0. The van der Waals surface area contributed by atoms with Crippen molar-refractivity contribution < 1.29 is 83.1 Å². The minimum Gasteiger partial charge on any atom is -1.00 e. The molecule has 0 aromatic rings. The van der Waals surface area contributed by atoms with E-state index in [9.17, 15) is 0 Å². The summed E-state index contributed by atoms with van der Waals surface area (Å²) in [6, 6.07) is 0. The molecule has 0 atom stereocenters. The Morgan fingerprint density at radius 2 is 0.333 bits per heavy atom. The van der Waals surface area contributed by atoms with Crippen molar-refractivity contribution in [2.75, 3.05) is 0 Å². The van der Waals surface area contributed by atoms with Crippen LogP contribution < -0.4 is 62.0 Å². The average molecular weight is 372 g/mol. The molecule has 0 spiro atoms. The third-order valence-electron chi connectivity index (χ3n) is 0. The summed E-state index contributed by atoms with van der Waals surface area (Å²) in [4.78, 5) is 0. The van der Waals surface area contributed by atoms with Gasteiger partial charge >= 0.3 is 0 Å². The smallest absolute Gasteiger partial charge is 0 e. The van der Waals surface area contributed by atoms with Crippen LogP contribution >= 0.6 is 0 Å². The van der Waals surface area contributed by atoms with Gasteiger partial charge in [-0.05, 0) is 0 Å². The van der Waals surface area contributed by atoms with E-state index in [4.69, 9.17) is 0 Å². The van der Waals surface area contributed by atoms with Crippen LogP contribution in [-0.4, -0.2) is 0 Å². The van der Waals surface area contributed by atoms with Crippen molar-refractivity contribution in [2.24, 2.45) is 0 Å². The molecule has 0 nitrogen and oxygen atoms in total. The quantitative estimate of drug-likeness (QED) is 0.396. The van der Waals surface area contributed by atoms with Crippen molar-refractivity contribution in [1.82, 2.24) is 0 Å². The van der Waals surface area contributed by atoms with E-state index in [2.05, 4.69) is 0 Å². The average Bonchev–Trinajstić information content (AvgIpc) is 0. The van der Waals surface area contributed by atoms with Crippen LogP contribution in [0, 0.1) is 0 Å². The van der Waals surface area contributed by atoms with Crippen molar-refractivity contribution in [3.63, 3.8) is 0 Å². The molecule has 0 N–H and O–H groups in total. The standard InChI is InChI=1S/5ClH.Pt/h5*1H;/p-5. The molecular weight excluding hydrogens is 372 g/mol. The Kier molecular flexibility index (Phi) is 889. The fraction of sp³-hybridized carbons (Fsp3) is 0. The van der Waals surface area contributed by atoms with Crippen LogP contribution in [0.15, 0.2) is 0 Å². The van der Waals surface area contributed by atoms with Gasteiger partial charge in [-0.3, -0.25) is 0 Å².